The molecule has 116 valence electrons. The van der Waals surface area contributed by atoms with Crippen molar-refractivity contribution in [3.05, 3.63) is 39.9 Å². The van der Waals surface area contributed by atoms with Crippen molar-refractivity contribution in [3.63, 3.8) is 0 Å². The molecule has 3 rings (SSSR count). The average molecular weight is 320 g/mol. The molecule has 0 unspecified atom stereocenters. The summed E-state index contributed by atoms with van der Waals surface area (Å²) in [6.45, 7) is 5.78. The van der Waals surface area contributed by atoms with E-state index in [1.54, 1.807) is 24.5 Å². The molecule has 6 nitrogen and oxygen atoms in total. The van der Waals surface area contributed by atoms with Crippen LogP contribution in [0.5, 0.6) is 0 Å². The Labute approximate surface area is 133 Å². The number of piperazine rings is 1. The van der Waals surface area contributed by atoms with Gasteiger partial charge in [-0.3, -0.25) is 9.78 Å². The molecule has 1 fully saturated rings. The first-order chi connectivity index (χ1) is 10.6. The minimum absolute atomic E-state index is 0.138. The van der Waals surface area contributed by atoms with E-state index in [1.807, 2.05) is 0 Å². The molecule has 0 spiro atoms. The molecule has 3 heterocycles. The van der Waals surface area contributed by atoms with Gasteiger partial charge in [0.1, 0.15) is 10.8 Å². The Bertz CT molecular complexity index is 718. The first kappa shape index (κ1) is 15.0. The lowest BCUT2D eigenvalue weighted by atomic mass is 10.1. The molecule has 1 saturated heterocycles. The Morgan fingerprint density at radius 3 is 2.77 bits per heavy atom. The molecule has 2 aromatic rings. The molecule has 7 heteroatoms. The fraction of sp³-hybridized carbons (Fsp3) is 0.400. The maximum Gasteiger partial charge on any atom is 0.272 e. The standard InChI is InChI=1S/C15H18ClN5O/c1-9-8-21(10(2)7-18-9)14-12(16)15(22)20-13(19-14)11-3-5-17-6-4-11/h3-6,9-10,18H,7-8H2,1-2H3,(H,19,20,22)/t9-,10-/m1/s1. The predicted molar refractivity (Wildman–Crippen MR) is 87.4 cm³/mol. The van der Waals surface area contributed by atoms with Crippen molar-refractivity contribution >= 4 is 17.4 Å². The lowest BCUT2D eigenvalue weighted by Crippen LogP contribution is -2.55. The van der Waals surface area contributed by atoms with Crippen LogP contribution in [0.3, 0.4) is 0 Å². The van der Waals surface area contributed by atoms with E-state index in [4.69, 9.17) is 11.6 Å². The Kier molecular flexibility index (Phi) is 4.13. The van der Waals surface area contributed by atoms with Crippen LogP contribution in [-0.4, -0.2) is 40.1 Å². The summed E-state index contributed by atoms with van der Waals surface area (Å²) in [4.78, 5) is 25.6. The number of rotatable bonds is 2. The fourth-order valence-electron chi connectivity index (χ4n) is 2.60. The van der Waals surface area contributed by atoms with E-state index in [9.17, 15) is 4.79 Å². The molecule has 22 heavy (non-hydrogen) atoms. The van der Waals surface area contributed by atoms with Crippen molar-refractivity contribution in [2.45, 2.75) is 25.9 Å². The number of anilines is 1. The third kappa shape index (κ3) is 2.84. The second kappa shape index (κ2) is 6.06. The third-order valence-corrected chi connectivity index (χ3v) is 4.18. The van der Waals surface area contributed by atoms with E-state index in [1.165, 1.54) is 0 Å². The molecular weight excluding hydrogens is 302 g/mol. The molecule has 0 saturated carbocycles. The number of pyridine rings is 1. The van der Waals surface area contributed by atoms with Gasteiger partial charge in [-0.1, -0.05) is 11.6 Å². The molecular formula is C15H18ClN5O. The maximum atomic E-state index is 12.2. The predicted octanol–water partition coefficient (Wildman–Crippen LogP) is 1.67. The minimum Gasteiger partial charge on any atom is -0.350 e. The van der Waals surface area contributed by atoms with Crippen molar-refractivity contribution in [2.75, 3.05) is 18.0 Å². The summed E-state index contributed by atoms with van der Waals surface area (Å²) < 4.78 is 0. The third-order valence-electron chi connectivity index (χ3n) is 3.84. The van der Waals surface area contributed by atoms with Crippen LogP contribution >= 0.6 is 11.6 Å². The van der Waals surface area contributed by atoms with Gasteiger partial charge < -0.3 is 15.2 Å². The highest BCUT2D eigenvalue weighted by molar-refractivity contribution is 6.32. The molecule has 1 aliphatic rings. The van der Waals surface area contributed by atoms with Gasteiger partial charge in [-0.15, -0.1) is 0 Å². The Morgan fingerprint density at radius 2 is 2.05 bits per heavy atom. The summed E-state index contributed by atoms with van der Waals surface area (Å²) in [7, 11) is 0. The lowest BCUT2D eigenvalue weighted by molar-refractivity contribution is 0.422. The minimum atomic E-state index is -0.322. The summed E-state index contributed by atoms with van der Waals surface area (Å²) >= 11 is 6.22. The lowest BCUT2D eigenvalue weighted by Gasteiger charge is -2.38. The molecule has 0 aromatic carbocycles. The SMILES string of the molecule is C[C@@H]1CN(c2nc(-c3ccncc3)[nH]c(=O)c2Cl)[C@H](C)CN1. The van der Waals surface area contributed by atoms with Gasteiger partial charge in [-0.2, -0.15) is 0 Å². The topological polar surface area (TPSA) is 73.9 Å². The number of aromatic amines is 1. The van der Waals surface area contributed by atoms with Gasteiger partial charge >= 0.3 is 0 Å². The van der Waals surface area contributed by atoms with E-state index in [0.29, 0.717) is 17.7 Å². The van der Waals surface area contributed by atoms with Gasteiger partial charge in [0.2, 0.25) is 0 Å². The van der Waals surface area contributed by atoms with Crippen LogP contribution in [0, 0.1) is 0 Å². The Balaban J connectivity index is 2.07. The van der Waals surface area contributed by atoms with Gasteiger partial charge in [-0.05, 0) is 26.0 Å². The van der Waals surface area contributed by atoms with Gasteiger partial charge in [0, 0.05) is 43.1 Å². The molecule has 0 radical (unpaired) electrons. The van der Waals surface area contributed by atoms with E-state index in [-0.39, 0.29) is 16.6 Å². The quantitative estimate of drug-likeness (QED) is 0.881. The zero-order valence-corrected chi connectivity index (χ0v) is 13.3. The molecule has 0 amide bonds. The maximum absolute atomic E-state index is 12.2. The Hall–Kier alpha value is -1.92. The summed E-state index contributed by atoms with van der Waals surface area (Å²) in [6.07, 6.45) is 3.33. The average Bonchev–Trinajstić information content (AvgIpc) is 2.53. The van der Waals surface area contributed by atoms with Crippen molar-refractivity contribution in [1.82, 2.24) is 20.3 Å². The fourth-order valence-corrected chi connectivity index (χ4v) is 2.80. The van der Waals surface area contributed by atoms with Crippen molar-refractivity contribution in [3.8, 4) is 11.4 Å². The smallest absolute Gasteiger partial charge is 0.272 e. The number of hydrogen-bond acceptors (Lipinski definition) is 5. The highest BCUT2D eigenvalue weighted by atomic mass is 35.5. The van der Waals surface area contributed by atoms with Crippen molar-refractivity contribution < 1.29 is 0 Å². The normalized spacial score (nSPS) is 21.9. The first-order valence-corrected chi connectivity index (χ1v) is 7.64. The molecule has 1 aliphatic heterocycles. The van der Waals surface area contributed by atoms with Crippen LogP contribution in [0.25, 0.3) is 11.4 Å². The highest BCUT2D eigenvalue weighted by Crippen LogP contribution is 2.25. The van der Waals surface area contributed by atoms with Crippen LogP contribution in [0.1, 0.15) is 13.8 Å². The molecule has 2 N–H and O–H groups in total. The van der Waals surface area contributed by atoms with E-state index >= 15 is 0 Å². The Morgan fingerprint density at radius 1 is 1.32 bits per heavy atom. The van der Waals surface area contributed by atoms with Crippen LogP contribution in [-0.2, 0) is 0 Å². The largest absolute Gasteiger partial charge is 0.350 e. The second-order valence-corrected chi connectivity index (χ2v) is 5.98. The molecule has 0 bridgehead atoms. The zero-order chi connectivity index (χ0) is 15.7. The number of halogens is 1. The molecule has 2 aromatic heterocycles. The van der Waals surface area contributed by atoms with E-state index < -0.39 is 0 Å². The van der Waals surface area contributed by atoms with Gasteiger partial charge in [-0.25, -0.2) is 4.98 Å². The summed E-state index contributed by atoms with van der Waals surface area (Å²) in [6, 6.07) is 4.14. The zero-order valence-electron chi connectivity index (χ0n) is 12.5. The highest BCUT2D eigenvalue weighted by Gasteiger charge is 2.26. The van der Waals surface area contributed by atoms with Gasteiger partial charge in [0.25, 0.3) is 5.56 Å². The number of hydrogen-bond donors (Lipinski definition) is 2. The van der Waals surface area contributed by atoms with Crippen molar-refractivity contribution in [2.24, 2.45) is 0 Å². The number of aromatic nitrogens is 3. The van der Waals surface area contributed by atoms with E-state index in [0.717, 1.165) is 18.7 Å². The summed E-state index contributed by atoms with van der Waals surface area (Å²) in [5.74, 6) is 1.04. The second-order valence-electron chi connectivity index (χ2n) is 5.60. The molecule has 0 aliphatic carbocycles. The first-order valence-electron chi connectivity index (χ1n) is 7.26. The number of nitrogens with zero attached hydrogens (tertiary/aromatic N) is 3. The van der Waals surface area contributed by atoms with Gasteiger partial charge in [0.05, 0.1) is 0 Å². The number of H-pyrrole nitrogens is 1. The van der Waals surface area contributed by atoms with Crippen LogP contribution in [0.4, 0.5) is 5.82 Å². The van der Waals surface area contributed by atoms with Crippen molar-refractivity contribution in [1.29, 1.82) is 0 Å². The van der Waals surface area contributed by atoms with Crippen LogP contribution < -0.4 is 15.8 Å². The summed E-state index contributed by atoms with van der Waals surface area (Å²) in [5, 5.41) is 3.54. The van der Waals surface area contributed by atoms with Gasteiger partial charge in [0.15, 0.2) is 5.82 Å². The van der Waals surface area contributed by atoms with Crippen LogP contribution in [0.2, 0.25) is 5.02 Å². The number of nitrogens with one attached hydrogen (secondary N) is 2. The van der Waals surface area contributed by atoms with E-state index in [2.05, 4.69) is 39.0 Å². The molecule has 2 atom stereocenters. The van der Waals surface area contributed by atoms with Crippen LogP contribution in [0.15, 0.2) is 29.3 Å². The summed E-state index contributed by atoms with van der Waals surface area (Å²) in [5.41, 5.74) is 0.484. The monoisotopic (exact) mass is 319 g/mol.